The van der Waals surface area contributed by atoms with Crippen LogP contribution in [0.15, 0.2) is 36.4 Å². The van der Waals surface area contributed by atoms with E-state index < -0.39 is 24.3 Å². The molecule has 0 bridgehead atoms. The summed E-state index contributed by atoms with van der Waals surface area (Å²) >= 11 is 5.62. The molecule has 8 heteroatoms. The molecule has 0 spiro atoms. The Hall–Kier alpha value is -2.80. The molecule has 2 aromatic carbocycles. The van der Waals surface area contributed by atoms with E-state index in [0.717, 1.165) is 6.07 Å². The SMILES string of the molecule is O=C(COC(=O)c1ccc2c(c1)OCO2)Nc1ccc(F)c(Cl)c1. The number of amides is 1. The van der Waals surface area contributed by atoms with Crippen molar-refractivity contribution in [3.8, 4) is 11.5 Å². The number of esters is 1. The standard InChI is InChI=1S/C16H11ClFNO5/c17-11-6-10(2-3-12(11)18)19-15(20)7-22-16(21)9-1-4-13-14(5-9)24-8-23-13/h1-6H,7-8H2,(H,19,20). The van der Waals surface area contributed by atoms with Crippen molar-refractivity contribution < 1.29 is 28.2 Å². The molecule has 1 N–H and O–H groups in total. The minimum absolute atomic E-state index is 0.0937. The first-order valence-corrected chi connectivity index (χ1v) is 7.22. The highest BCUT2D eigenvalue weighted by molar-refractivity contribution is 6.31. The number of carbonyl (C=O) groups is 2. The first-order valence-electron chi connectivity index (χ1n) is 6.84. The highest BCUT2D eigenvalue weighted by Crippen LogP contribution is 2.32. The summed E-state index contributed by atoms with van der Waals surface area (Å²) < 4.78 is 28.3. The van der Waals surface area contributed by atoms with Gasteiger partial charge in [-0.25, -0.2) is 9.18 Å². The lowest BCUT2D eigenvalue weighted by Gasteiger charge is -2.07. The molecule has 1 aliphatic rings. The fourth-order valence-electron chi connectivity index (χ4n) is 2.01. The molecule has 2 aromatic rings. The van der Waals surface area contributed by atoms with Crippen molar-refractivity contribution in [3.63, 3.8) is 0 Å². The number of hydrogen-bond acceptors (Lipinski definition) is 5. The molecular weight excluding hydrogens is 341 g/mol. The van der Waals surface area contributed by atoms with Gasteiger partial charge in [-0.05, 0) is 36.4 Å². The topological polar surface area (TPSA) is 73.9 Å². The molecule has 0 saturated heterocycles. The number of benzene rings is 2. The largest absolute Gasteiger partial charge is 0.454 e. The van der Waals surface area contributed by atoms with Crippen LogP contribution < -0.4 is 14.8 Å². The molecule has 0 aromatic heterocycles. The minimum Gasteiger partial charge on any atom is -0.454 e. The number of nitrogens with one attached hydrogen (secondary N) is 1. The molecule has 0 radical (unpaired) electrons. The first-order chi connectivity index (χ1) is 11.5. The van der Waals surface area contributed by atoms with E-state index in [4.69, 9.17) is 25.8 Å². The second-order valence-corrected chi connectivity index (χ2v) is 5.23. The van der Waals surface area contributed by atoms with Crippen LogP contribution in [0.1, 0.15) is 10.4 Å². The van der Waals surface area contributed by atoms with Gasteiger partial charge in [0.1, 0.15) is 5.82 Å². The van der Waals surface area contributed by atoms with Gasteiger partial charge in [-0.1, -0.05) is 11.6 Å². The predicted molar refractivity (Wildman–Crippen MR) is 82.9 cm³/mol. The summed E-state index contributed by atoms with van der Waals surface area (Å²) in [6, 6.07) is 8.29. The van der Waals surface area contributed by atoms with E-state index >= 15 is 0 Å². The maximum absolute atomic E-state index is 13.0. The van der Waals surface area contributed by atoms with Crippen LogP contribution in [-0.2, 0) is 9.53 Å². The highest BCUT2D eigenvalue weighted by atomic mass is 35.5. The van der Waals surface area contributed by atoms with E-state index in [-0.39, 0.29) is 17.4 Å². The zero-order chi connectivity index (χ0) is 17.1. The molecule has 1 heterocycles. The Kier molecular flexibility index (Phi) is 4.52. The number of halogens is 2. The van der Waals surface area contributed by atoms with E-state index in [1.165, 1.54) is 24.3 Å². The molecule has 0 fully saturated rings. The Balaban J connectivity index is 1.55. The van der Waals surface area contributed by atoms with Crippen molar-refractivity contribution in [2.45, 2.75) is 0 Å². The van der Waals surface area contributed by atoms with Crippen LogP contribution in [0, 0.1) is 5.82 Å². The molecule has 0 aliphatic carbocycles. The van der Waals surface area contributed by atoms with Gasteiger partial charge in [0.25, 0.3) is 5.91 Å². The van der Waals surface area contributed by atoms with Crippen LogP contribution >= 0.6 is 11.6 Å². The van der Waals surface area contributed by atoms with Crippen LogP contribution in [0.5, 0.6) is 11.5 Å². The molecule has 1 amide bonds. The number of ether oxygens (including phenoxy) is 3. The van der Waals surface area contributed by atoms with Crippen LogP contribution in [0.3, 0.4) is 0 Å². The third kappa shape index (κ3) is 3.57. The Morgan fingerprint density at radius 3 is 2.75 bits per heavy atom. The maximum Gasteiger partial charge on any atom is 0.338 e. The normalized spacial score (nSPS) is 11.9. The summed E-state index contributed by atoms with van der Waals surface area (Å²) in [5.74, 6) is -0.872. The highest BCUT2D eigenvalue weighted by Gasteiger charge is 2.17. The van der Waals surface area contributed by atoms with Gasteiger partial charge in [0.2, 0.25) is 6.79 Å². The van der Waals surface area contributed by atoms with Gasteiger partial charge < -0.3 is 19.5 Å². The smallest absolute Gasteiger partial charge is 0.338 e. The fourth-order valence-corrected chi connectivity index (χ4v) is 2.19. The lowest BCUT2D eigenvalue weighted by molar-refractivity contribution is -0.119. The summed E-state index contributed by atoms with van der Waals surface area (Å²) in [6.07, 6.45) is 0. The number of rotatable bonds is 4. The summed E-state index contributed by atoms with van der Waals surface area (Å²) in [6.45, 7) is -0.404. The third-order valence-electron chi connectivity index (χ3n) is 3.15. The van der Waals surface area contributed by atoms with Gasteiger partial charge >= 0.3 is 5.97 Å². The fraction of sp³-hybridized carbons (Fsp3) is 0.125. The summed E-state index contributed by atoms with van der Waals surface area (Å²) in [5.41, 5.74) is 0.530. The van der Waals surface area contributed by atoms with E-state index in [0.29, 0.717) is 17.2 Å². The minimum atomic E-state index is -0.680. The molecule has 0 unspecified atom stereocenters. The number of carbonyl (C=O) groups excluding carboxylic acids is 2. The van der Waals surface area contributed by atoms with Gasteiger partial charge in [-0.2, -0.15) is 0 Å². The Morgan fingerprint density at radius 1 is 1.17 bits per heavy atom. The van der Waals surface area contributed by atoms with Gasteiger partial charge in [-0.15, -0.1) is 0 Å². The zero-order valence-electron chi connectivity index (χ0n) is 12.2. The van der Waals surface area contributed by atoms with E-state index in [1.807, 2.05) is 0 Å². The molecule has 0 saturated carbocycles. The number of hydrogen-bond donors (Lipinski definition) is 1. The molecule has 6 nitrogen and oxygen atoms in total. The predicted octanol–water partition coefficient (Wildman–Crippen LogP) is 3.00. The summed E-state index contributed by atoms with van der Waals surface area (Å²) in [4.78, 5) is 23.7. The van der Waals surface area contributed by atoms with Crippen molar-refractivity contribution in [3.05, 3.63) is 52.8 Å². The first kappa shape index (κ1) is 16.1. The van der Waals surface area contributed by atoms with Crippen LogP contribution in [0.4, 0.5) is 10.1 Å². The van der Waals surface area contributed by atoms with E-state index in [2.05, 4.69) is 5.32 Å². The van der Waals surface area contributed by atoms with Crippen molar-refractivity contribution in [2.75, 3.05) is 18.7 Å². The Morgan fingerprint density at radius 2 is 1.96 bits per heavy atom. The van der Waals surface area contributed by atoms with Crippen LogP contribution in [-0.4, -0.2) is 25.3 Å². The van der Waals surface area contributed by atoms with Gasteiger partial charge in [0.15, 0.2) is 18.1 Å². The monoisotopic (exact) mass is 351 g/mol. The Bertz CT molecular complexity index is 811. The average Bonchev–Trinajstić information content (AvgIpc) is 3.03. The molecular formula is C16H11ClFNO5. The van der Waals surface area contributed by atoms with Crippen LogP contribution in [0.25, 0.3) is 0 Å². The molecule has 0 atom stereocenters. The average molecular weight is 352 g/mol. The van der Waals surface area contributed by atoms with Gasteiger partial charge in [-0.3, -0.25) is 4.79 Å². The lowest BCUT2D eigenvalue weighted by atomic mass is 10.2. The van der Waals surface area contributed by atoms with Crippen LogP contribution in [0.2, 0.25) is 5.02 Å². The second kappa shape index (κ2) is 6.76. The third-order valence-corrected chi connectivity index (χ3v) is 3.44. The quantitative estimate of drug-likeness (QED) is 0.857. The summed E-state index contributed by atoms with van der Waals surface area (Å²) in [7, 11) is 0. The number of fused-ring (bicyclic) bond motifs is 1. The van der Waals surface area contributed by atoms with E-state index in [9.17, 15) is 14.0 Å². The van der Waals surface area contributed by atoms with Gasteiger partial charge in [0, 0.05) is 5.69 Å². The van der Waals surface area contributed by atoms with Crippen molar-refractivity contribution in [2.24, 2.45) is 0 Å². The van der Waals surface area contributed by atoms with Crippen molar-refractivity contribution >= 4 is 29.2 Å². The molecule has 24 heavy (non-hydrogen) atoms. The molecule has 124 valence electrons. The molecule has 1 aliphatic heterocycles. The zero-order valence-corrected chi connectivity index (χ0v) is 12.9. The van der Waals surface area contributed by atoms with E-state index in [1.54, 1.807) is 6.07 Å². The maximum atomic E-state index is 13.0. The lowest BCUT2D eigenvalue weighted by Crippen LogP contribution is -2.20. The molecule has 3 rings (SSSR count). The summed E-state index contributed by atoms with van der Waals surface area (Å²) in [5, 5.41) is 2.33. The Labute approximate surface area is 141 Å². The van der Waals surface area contributed by atoms with Crippen molar-refractivity contribution in [1.29, 1.82) is 0 Å². The second-order valence-electron chi connectivity index (χ2n) is 4.82. The van der Waals surface area contributed by atoms with Gasteiger partial charge in [0.05, 0.1) is 10.6 Å². The number of anilines is 1. The van der Waals surface area contributed by atoms with Crippen molar-refractivity contribution in [1.82, 2.24) is 0 Å².